The smallest absolute Gasteiger partial charge is 0.146 e. The second-order valence-corrected chi connectivity index (χ2v) is 5.29. The first-order valence-electron chi connectivity index (χ1n) is 5.88. The highest BCUT2D eigenvalue weighted by Crippen LogP contribution is 2.30. The van der Waals surface area contributed by atoms with Crippen molar-refractivity contribution in [1.82, 2.24) is 4.90 Å². The van der Waals surface area contributed by atoms with Crippen molar-refractivity contribution in [1.29, 1.82) is 0 Å². The highest BCUT2D eigenvalue weighted by molar-refractivity contribution is 9.08. The topological polar surface area (TPSA) is 6.48 Å². The number of alkyl halides is 1. The van der Waals surface area contributed by atoms with Gasteiger partial charge in [0.05, 0.1) is 5.69 Å². The van der Waals surface area contributed by atoms with E-state index in [2.05, 4.69) is 39.8 Å². The molecular formula is C13H18BrFN2. The van der Waals surface area contributed by atoms with E-state index < -0.39 is 0 Å². The van der Waals surface area contributed by atoms with Crippen LogP contribution in [0, 0.1) is 5.82 Å². The molecule has 1 unspecified atom stereocenters. The van der Waals surface area contributed by atoms with Crippen LogP contribution >= 0.6 is 15.9 Å². The lowest BCUT2D eigenvalue weighted by Gasteiger charge is -2.24. The van der Waals surface area contributed by atoms with E-state index in [0.717, 1.165) is 30.8 Å². The number of para-hydroxylation sites is 1. The van der Waals surface area contributed by atoms with Crippen LogP contribution in [0.5, 0.6) is 0 Å². The standard InChI is InChI=1S/C13H18BrFN2/c1-16(2)11-6-7-17(9-11)13-10(8-14)4-3-5-12(13)15/h3-5,11H,6-9H2,1-2H3. The zero-order valence-corrected chi connectivity index (χ0v) is 11.9. The molecule has 2 rings (SSSR count). The highest BCUT2D eigenvalue weighted by atomic mass is 79.9. The van der Waals surface area contributed by atoms with Crippen molar-refractivity contribution in [2.45, 2.75) is 17.8 Å². The Balaban J connectivity index is 2.24. The fraction of sp³-hybridized carbons (Fsp3) is 0.538. The first kappa shape index (κ1) is 12.8. The third-order valence-electron chi connectivity index (χ3n) is 3.42. The van der Waals surface area contributed by atoms with Gasteiger partial charge in [0.2, 0.25) is 0 Å². The van der Waals surface area contributed by atoms with Gasteiger partial charge in [-0.25, -0.2) is 4.39 Å². The number of hydrogen-bond acceptors (Lipinski definition) is 2. The summed E-state index contributed by atoms with van der Waals surface area (Å²) in [7, 11) is 4.17. The molecule has 4 heteroatoms. The first-order chi connectivity index (χ1) is 8.13. The summed E-state index contributed by atoms with van der Waals surface area (Å²) in [5.74, 6) is -0.110. The maximum absolute atomic E-state index is 13.9. The van der Waals surface area contributed by atoms with Gasteiger partial charge in [-0.1, -0.05) is 28.1 Å². The van der Waals surface area contributed by atoms with Crippen molar-refractivity contribution >= 4 is 21.6 Å². The molecule has 0 bridgehead atoms. The van der Waals surface area contributed by atoms with Crippen molar-refractivity contribution < 1.29 is 4.39 Å². The third kappa shape index (κ3) is 2.63. The Bertz CT molecular complexity index is 395. The minimum absolute atomic E-state index is 0.110. The lowest BCUT2D eigenvalue weighted by Crippen LogP contribution is -2.32. The Morgan fingerprint density at radius 1 is 1.47 bits per heavy atom. The molecule has 0 saturated carbocycles. The molecule has 0 radical (unpaired) electrons. The van der Waals surface area contributed by atoms with E-state index in [1.165, 1.54) is 0 Å². The normalized spacial score (nSPS) is 20.3. The quantitative estimate of drug-likeness (QED) is 0.792. The molecule has 0 aliphatic carbocycles. The highest BCUT2D eigenvalue weighted by Gasteiger charge is 2.27. The van der Waals surface area contributed by atoms with Gasteiger partial charge in [0, 0.05) is 24.5 Å². The monoisotopic (exact) mass is 300 g/mol. The molecule has 1 atom stereocenters. The average Bonchev–Trinajstić information content (AvgIpc) is 2.77. The van der Waals surface area contributed by atoms with Gasteiger partial charge in [0.1, 0.15) is 5.82 Å². The Labute approximate surface area is 111 Å². The van der Waals surface area contributed by atoms with Crippen LogP contribution in [0.1, 0.15) is 12.0 Å². The number of likely N-dealkylation sites (N-methyl/N-ethyl adjacent to an activating group) is 1. The van der Waals surface area contributed by atoms with Crippen LogP contribution in [0.25, 0.3) is 0 Å². The molecule has 1 aliphatic rings. The molecule has 0 N–H and O–H groups in total. The van der Waals surface area contributed by atoms with E-state index in [1.54, 1.807) is 12.1 Å². The molecule has 1 heterocycles. The summed E-state index contributed by atoms with van der Waals surface area (Å²) in [6.07, 6.45) is 1.10. The van der Waals surface area contributed by atoms with Gasteiger partial charge < -0.3 is 9.80 Å². The fourth-order valence-electron chi connectivity index (χ4n) is 2.39. The minimum Gasteiger partial charge on any atom is -0.367 e. The molecular weight excluding hydrogens is 283 g/mol. The number of rotatable bonds is 3. The predicted octanol–water partition coefficient (Wildman–Crippen LogP) is 2.86. The van der Waals surface area contributed by atoms with Gasteiger partial charge in [0.25, 0.3) is 0 Å². The Morgan fingerprint density at radius 2 is 2.24 bits per heavy atom. The van der Waals surface area contributed by atoms with E-state index in [0.29, 0.717) is 11.4 Å². The molecule has 1 aromatic carbocycles. The van der Waals surface area contributed by atoms with E-state index in [4.69, 9.17) is 0 Å². The average molecular weight is 301 g/mol. The van der Waals surface area contributed by atoms with Crippen LogP contribution in [-0.4, -0.2) is 38.1 Å². The summed E-state index contributed by atoms with van der Waals surface area (Å²) in [6, 6.07) is 5.83. The van der Waals surface area contributed by atoms with Crippen LogP contribution in [0.15, 0.2) is 18.2 Å². The van der Waals surface area contributed by atoms with Crippen LogP contribution in [0.2, 0.25) is 0 Å². The van der Waals surface area contributed by atoms with Crippen LogP contribution < -0.4 is 4.90 Å². The lowest BCUT2D eigenvalue weighted by molar-refractivity contribution is 0.315. The summed E-state index contributed by atoms with van der Waals surface area (Å²) in [5.41, 5.74) is 1.80. The van der Waals surface area contributed by atoms with Crippen LogP contribution in [0.4, 0.5) is 10.1 Å². The molecule has 94 valence electrons. The fourth-order valence-corrected chi connectivity index (χ4v) is 2.84. The van der Waals surface area contributed by atoms with Crippen molar-refractivity contribution in [3.63, 3.8) is 0 Å². The van der Waals surface area contributed by atoms with E-state index in [1.807, 2.05) is 6.07 Å². The van der Waals surface area contributed by atoms with E-state index in [-0.39, 0.29) is 5.82 Å². The van der Waals surface area contributed by atoms with Crippen molar-refractivity contribution in [2.24, 2.45) is 0 Å². The number of hydrogen-bond donors (Lipinski definition) is 0. The number of halogens is 2. The lowest BCUT2D eigenvalue weighted by atomic mass is 10.2. The number of anilines is 1. The van der Waals surface area contributed by atoms with Gasteiger partial charge in [-0.3, -0.25) is 0 Å². The molecule has 1 aromatic rings. The summed E-state index contributed by atoms with van der Waals surface area (Å²) in [5, 5.41) is 0.698. The second kappa shape index (κ2) is 5.36. The molecule has 1 fully saturated rings. The molecule has 17 heavy (non-hydrogen) atoms. The van der Waals surface area contributed by atoms with Crippen molar-refractivity contribution in [2.75, 3.05) is 32.1 Å². The van der Waals surface area contributed by atoms with E-state index >= 15 is 0 Å². The Morgan fingerprint density at radius 3 is 2.82 bits per heavy atom. The van der Waals surface area contributed by atoms with Crippen molar-refractivity contribution in [3.05, 3.63) is 29.6 Å². The van der Waals surface area contributed by atoms with Crippen LogP contribution in [-0.2, 0) is 5.33 Å². The molecule has 2 nitrogen and oxygen atoms in total. The maximum Gasteiger partial charge on any atom is 0.146 e. The second-order valence-electron chi connectivity index (χ2n) is 4.73. The maximum atomic E-state index is 13.9. The van der Waals surface area contributed by atoms with Gasteiger partial charge in [0.15, 0.2) is 0 Å². The molecule has 0 aromatic heterocycles. The summed E-state index contributed by atoms with van der Waals surface area (Å²) >= 11 is 3.43. The van der Waals surface area contributed by atoms with Gasteiger partial charge >= 0.3 is 0 Å². The van der Waals surface area contributed by atoms with Crippen molar-refractivity contribution in [3.8, 4) is 0 Å². The number of nitrogens with zero attached hydrogens (tertiary/aromatic N) is 2. The molecule has 0 spiro atoms. The minimum atomic E-state index is -0.110. The molecule has 1 saturated heterocycles. The third-order valence-corrected chi connectivity index (χ3v) is 4.03. The van der Waals surface area contributed by atoms with Gasteiger partial charge in [-0.15, -0.1) is 0 Å². The first-order valence-corrected chi connectivity index (χ1v) is 7.00. The Hall–Kier alpha value is -0.610. The summed E-state index contributed by atoms with van der Waals surface area (Å²) in [4.78, 5) is 4.38. The number of benzene rings is 1. The zero-order valence-electron chi connectivity index (χ0n) is 10.3. The SMILES string of the molecule is CN(C)C1CCN(c2c(F)cccc2CBr)C1. The molecule has 0 amide bonds. The summed E-state index contributed by atoms with van der Waals surface area (Å²) < 4.78 is 13.9. The predicted molar refractivity (Wildman–Crippen MR) is 73.3 cm³/mol. The Kier molecular flexibility index (Phi) is 4.05. The summed E-state index contributed by atoms with van der Waals surface area (Å²) in [6.45, 7) is 1.84. The zero-order chi connectivity index (χ0) is 12.4. The largest absolute Gasteiger partial charge is 0.367 e. The van der Waals surface area contributed by atoms with Gasteiger partial charge in [-0.2, -0.15) is 0 Å². The van der Waals surface area contributed by atoms with E-state index in [9.17, 15) is 4.39 Å². The van der Waals surface area contributed by atoms with Crippen LogP contribution in [0.3, 0.4) is 0 Å². The van der Waals surface area contributed by atoms with Gasteiger partial charge in [-0.05, 0) is 32.1 Å². The molecule has 1 aliphatic heterocycles.